The number of rotatable bonds is 5. The smallest absolute Gasteiger partial charge is 0.226 e. The summed E-state index contributed by atoms with van der Waals surface area (Å²) in [4.78, 5) is 22.1. The van der Waals surface area contributed by atoms with Crippen LogP contribution in [0.15, 0.2) is 54.9 Å². The first-order valence-electron chi connectivity index (χ1n) is 13.5. The molecule has 4 heterocycles. The zero-order valence-corrected chi connectivity index (χ0v) is 19.8. The van der Waals surface area contributed by atoms with Crippen molar-refractivity contribution >= 4 is 11.7 Å². The Balaban J connectivity index is 1.34. The van der Waals surface area contributed by atoms with Crippen LogP contribution in [0.3, 0.4) is 0 Å². The molecule has 5 rings (SSSR count). The van der Waals surface area contributed by atoms with Crippen LogP contribution in [-0.2, 0) is 31.4 Å². The second-order valence-electron chi connectivity index (χ2n) is 9.55. The first-order chi connectivity index (χ1) is 17.7. The van der Waals surface area contributed by atoms with E-state index in [9.17, 15) is 4.79 Å². The van der Waals surface area contributed by atoms with Crippen LogP contribution in [-0.4, -0.2) is 56.6 Å². The summed E-state index contributed by atoms with van der Waals surface area (Å²) in [7, 11) is 1.89. The fourth-order valence-corrected chi connectivity index (χ4v) is 5.25. The Morgan fingerprint density at radius 1 is 1.24 bits per heavy atom. The molecule has 34 heavy (non-hydrogen) atoms. The van der Waals surface area contributed by atoms with Crippen molar-refractivity contribution in [3.63, 3.8) is 0 Å². The monoisotopic (exact) mass is 461 g/mol. The van der Waals surface area contributed by atoms with Gasteiger partial charge in [0.1, 0.15) is 5.82 Å². The van der Waals surface area contributed by atoms with E-state index in [4.69, 9.17) is 4.11 Å². The van der Waals surface area contributed by atoms with Crippen molar-refractivity contribution in [1.82, 2.24) is 24.6 Å². The van der Waals surface area contributed by atoms with Crippen LogP contribution >= 0.6 is 0 Å². The molecule has 0 unspecified atom stereocenters. The van der Waals surface area contributed by atoms with Gasteiger partial charge in [-0.2, -0.15) is 5.10 Å². The number of benzene rings is 1. The van der Waals surface area contributed by atoms with Crippen molar-refractivity contribution in [2.24, 2.45) is 13.0 Å². The molecule has 2 aliphatic heterocycles. The SMILES string of the molecule is [2H]C([2H])([2H])N1CC[C@@H](C(=O)N2Cc3cc(NCc4ccn(C)n4)ncc3C[C@@H]2C)[C@H](c2ccccc2)C1. The maximum Gasteiger partial charge on any atom is 0.226 e. The molecule has 0 spiro atoms. The first kappa shape index (κ1) is 19.2. The average Bonchev–Trinajstić information content (AvgIpc) is 3.31. The minimum Gasteiger partial charge on any atom is -0.364 e. The van der Waals surface area contributed by atoms with Crippen molar-refractivity contribution in [2.75, 3.05) is 25.4 Å². The molecular weight excluding hydrogens is 424 g/mol. The summed E-state index contributed by atoms with van der Waals surface area (Å²) in [6, 6.07) is 13.9. The van der Waals surface area contributed by atoms with E-state index in [1.165, 1.54) is 4.90 Å². The number of fused-ring (bicyclic) bond motifs is 1. The number of pyridine rings is 1. The molecule has 1 N–H and O–H groups in total. The molecule has 0 aliphatic carbocycles. The molecule has 2 aliphatic rings. The third-order valence-corrected chi connectivity index (χ3v) is 7.13. The van der Waals surface area contributed by atoms with Gasteiger partial charge in [0, 0.05) is 54.5 Å². The van der Waals surface area contributed by atoms with Crippen molar-refractivity contribution in [2.45, 2.75) is 44.8 Å². The second kappa shape index (κ2) is 9.58. The summed E-state index contributed by atoms with van der Waals surface area (Å²) in [6.45, 7) is 1.76. The molecule has 0 saturated carbocycles. The lowest BCUT2D eigenvalue weighted by molar-refractivity contribution is -0.141. The molecular formula is C27H34N6O. The predicted molar refractivity (Wildman–Crippen MR) is 133 cm³/mol. The lowest BCUT2D eigenvalue weighted by atomic mass is 9.79. The van der Waals surface area contributed by atoms with Gasteiger partial charge in [0.05, 0.1) is 12.2 Å². The number of nitrogens with one attached hydrogen (secondary N) is 1. The lowest BCUT2D eigenvalue weighted by Gasteiger charge is -2.42. The minimum absolute atomic E-state index is 0.0474. The Kier molecular flexibility index (Phi) is 5.40. The number of hydrogen-bond donors (Lipinski definition) is 1. The maximum absolute atomic E-state index is 14.0. The molecule has 1 saturated heterocycles. The normalized spacial score (nSPS) is 24.6. The van der Waals surface area contributed by atoms with Crippen LogP contribution in [0.25, 0.3) is 0 Å². The molecule has 7 heteroatoms. The summed E-state index contributed by atoms with van der Waals surface area (Å²) >= 11 is 0. The number of amides is 1. The van der Waals surface area contributed by atoms with Gasteiger partial charge in [0.25, 0.3) is 0 Å². The highest BCUT2D eigenvalue weighted by Gasteiger charge is 2.38. The predicted octanol–water partition coefficient (Wildman–Crippen LogP) is 3.44. The van der Waals surface area contributed by atoms with Gasteiger partial charge in [-0.05, 0) is 62.1 Å². The standard InChI is InChI=1S/C27H34N6O/c1-19-13-21-15-28-26(29-16-23-9-12-32(3)30-23)14-22(21)17-33(19)27(34)24-10-11-31(2)18-25(24)20-7-5-4-6-8-20/h4-9,12,14-15,19,24-25H,10-11,13,16-18H2,1-3H3,(H,28,29)/t19-,24+,25-/m0/s1/i2D3. The van der Waals surface area contributed by atoms with E-state index in [0.717, 1.165) is 34.6 Å². The van der Waals surface area contributed by atoms with Gasteiger partial charge >= 0.3 is 0 Å². The van der Waals surface area contributed by atoms with E-state index in [1.807, 2.05) is 66.8 Å². The van der Waals surface area contributed by atoms with Crippen molar-refractivity contribution in [1.29, 1.82) is 0 Å². The van der Waals surface area contributed by atoms with E-state index >= 15 is 0 Å². The third-order valence-electron chi connectivity index (χ3n) is 7.13. The molecule has 1 amide bonds. The van der Waals surface area contributed by atoms with E-state index in [0.29, 0.717) is 32.6 Å². The van der Waals surface area contributed by atoms with Crippen LogP contribution in [0, 0.1) is 5.92 Å². The molecule has 0 radical (unpaired) electrons. The Morgan fingerprint density at radius 3 is 2.85 bits per heavy atom. The average molecular weight is 462 g/mol. The van der Waals surface area contributed by atoms with Crippen LogP contribution in [0.4, 0.5) is 5.82 Å². The number of piperidine rings is 1. The van der Waals surface area contributed by atoms with Crippen LogP contribution in [0.5, 0.6) is 0 Å². The number of nitrogens with zero attached hydrogens (tertiary/aromatic N) is 5. The highest BCUT2D eigenvalue weighted by atomic mass is 16.2. The van der Waals surface area contributed by atoms with Crippen LogP contribution in [0.1, 0.15) is 45.8 Å². The molecule has 3 aromatic rings. The Hall–Kier alpha value is -3.19. The quantitative estimate of drug-likeness (QED) is 0.631. The number of aryl methyl sites for hydroxylation is 1. The fraction of sp³-hybridized carbons (Fsp3) is 0.444. The fourth-order valence-electron chi connectivity index (χ4n) is 5.25. The van der Waals surface area contributed by atoms with Gasteiger partial charge in [0.2, 0.25) is 5.91 Å². The van der Waals surface area contributed by atoms with E-state index < -0.39 is 6.98 Å². The lowest BCUT2D eigenvalue weighted by Crippen LogP contribution is -2.50. The van der Waals surface area contributed by atoms with Gasteiger partial charge in [-0.1, -0.05) is 30.3 Å². The number of likely N-dealkylation sites (N-methyl/N-ethyl adjacent to an activating group) is 1. The van der Waals surface area contributed by atoms with Gasteiger partial charge < -0.3 is 15.1 Å². The summed E-state index contributed by atoms with van der Waals surface area (Å²) in [6.07, 6.45) is 5.10. The number of hydrogen-bond acceptors (Lipinski definition) is 5. The molecule has 178 valence electrons. The van der Waals surface area contributed by atoms with E-state index in [1.54, 1.807) is 4.68 Å². The zero-order chi connectivity index (χ0) is 26.2. The topological polar surface area (TPSA) is 66.3 Å². The molecule has 2 aromatic heterocycles. The summed E-state index contributed by atoms with van der Waals surface area (Å²) in [5, 5.41) is 7.74. The van der Waals surface area contributed by atoms with E-state index in [-0.39, 0.29) is 23.8 Å². The number of aromatic nitrogens is 3. The summed E-state index contributed by atoms with van der Waals surface area (Å²) in [5.41, 5.74) is 4.21. The highest BCUT2D eigenvalue weighted by molar-refractivity contribution is 5.81. The Labute approximate surface area is 206 Å². The molecule has 3 atom stereocenters. The largest absolute Gasteiger partial charge is 0.364 e. The number of carbonyl (C=O) groups is 1. The number of anilines is 1. The highest BCUT2D eigenvalue weighted by Crippen LogP contribution is 2.35. The summed E-state index contributed by atoms with van der Waals surface area (Å²) < 4.78 is 25.5. The van der Waals surface area contributed by atoms with Crippen molar-refractivity contribution < 1.29 is 8.91 Å². The molecule has 0 bridgehead atoms. The molecule has 7 nitrogen and oxygen atoms in total. The third kappa shape index (κ3) is 4.71. The first-order valence-corrected chi connectivity index (χ1v) is 12.0. The Morgan fingerprint density at radius 2 is 2.09 bits per heavy atom. The Bertz CT molecular complexity index is 1240. The number of carbonyl (C=O) groups excluding carboxylic acids is 1. The molecule has 1 aromatic carbocycles. The van der Waals surface area contributed by atoms with Crippen molar-refractivity contribution in [3.05, 3.63) is 77.2 Å². The van der Waals surface area contributed by atoms with Gasteiger partial charge in [-0.15, -0.1) is 0 Å². The van der Waals surface area contributed by atoms with Crippen molar-refractivity contribution in [3.8, 4) is 0 Å². The molecule has 1 fully saturated rings. The summed E-state index contributed by atoms with van der Waals surface area (Å²) in [5.74, 6) is 0.453. The van der Waals surface area contributed by atoms with Crippen LogP contribution in [0.2, 0.25) is 0 Å². The van der Waals surface area contributed by atoms with E-state index in [2.05, 4.69) is 22.3 Å². The zero-order valence-electron chi connectivity index (χ0n) is 22.8. The minimum atomic E-state index is -2.16. The second-order valence-corrected chi connectivity index (χ2v) is 9.55. The van der Waals surface area contributed by atoms with Crippen LogP contribution < -0.4 is 5.32 Å². The number of likely N-dealkylation sites (tertiary alicyclic amines) is 1. The van der Waals surface area contributed by atoms with Gasteiger partial charge in [-0.3, -0.25) is 9.48 Å². The van der Waals surface area contributed by atoms with Gasteiger partial charge in [-0.25, -0.2) is 4.98 Å². The van der Waals surface area contributed by atoms with Gasteiger partial charge in [0.15, 0.2) is 0 Å². The maximum atomic E-state index is 14.0.